The molecule has 0 bridgehead atoms. The van der Waals surface area contributed by atoms with E-state index in [4.69, 9.17) is 0 Å². The lowest BCUT2D eigenvalue weighted by atomic mass is 10.1. The summed E-state index contributed by atoms with van der Waals surface area (Å²) in [4.78, 5) is 14.9. The zero-order chi connectivity index (χ0) is 25.8. The summed E-state index contributed by atoms with van der Waals surface area (Å²) in [5.41, 5.74) is 1.85. The van der Waals surface area contributed by atoms with Crippen LogP contribution in [0.4, 0.5) is 23.4 Å². The number of anilines is 1. The van der Waals surface area contributed by atoms with Crippen LogP contribution < -0.4 is 10.2 Å². The van der Waals surface area contributed by atoms with Gasteiger partial charge in [-0.25, -0.2) is 9.07 Å². The van der Waals surface area contributed by atoms with Crippen molar-refractivity contribution in [3.8, 4) is 0 Å². The first-order chi connectivity index (χ1) is 16.7. The molecular weight excluding hydrogens is 460 g/mol. The van der Waals surface area contributed by atoms with E-state index < -0.39 is 24.3 Å². The number of alkyl halides is 4. The molecule has 1 aliphatic heterocycles. The SMILES string of the molecule is CC.Cc1ccc(C(C)NC(=O)c2c(CF)nn3c2N(Cc2cccc(C(F)(F)F)c2)CC3)cc1. The van der Waals surface area contributed by atoms with Gasteiger partial charge >= 0.3 is 6.18 Å². The fraction of sp³-hybridized carbons (Fsp3) is 0.385. The Morgan fingerprint density at radius 3 is 2.43 bits per heavy atom. The highest BCUT2D eigenvalue weighted by Gasteiger charge is 2.33. The van der Waals surface area contributed by atoms with Crippen LogP contribution in [0.25, 0.3) is 0 Å². The van der Waals surface area contributed by atoms with Crippen molar-refractivity contribution in [3.05, 3.63) is 82.0 Å². The molecule has 9 heteroatoms. The van der Waals surface area contributed by atoms with E-state index in [0.717, 1.165) is 23.3 Å². The lowest BCUT2D eigenvalue weighted by Gasteiger charge is -2.21. The normalized spacial score (nSPS) is 13.7. The van der Waals surface area contributed by atoms with Crippen molar-refractivity contribution >= 4 is 11.7 Å². The minimum Gasteiger partial charge on any atom is -0.350 e. The van der Waals surface area contributed by atoms with E-state index in [1.165, 1.54) is 6.07 Å². The molecule has 35 heavy (non-hydrogen) atoms. The van der Waals surface area contributed by atoms with Gasteiger partial charge in [-0.3, -0.25) is 4.79 Å². The summed E-state index contributed by atoms with van der Waals surface area (Å²) < 4.78 is 54.6. The van der Waals surface area contributed by atoms with Gasteiger partial charge in [0.15, 0.2) is 0 Å². The van der Waals surface area contributed by atoms with Crippen molar-refractivity contribution in [1.29, 1.82) is 0 Å². The lowest BCUT2D eigenvalue weighted by molar-refractivity contribution is -0.137. The first kappa shape index (κ1) is 26.2. The number of amides is 1. The van der Waals surface area contributed by atoms with Crippen molar-refractivity contribution < 1.29 is 22.4 Å². The van der Waals surface area contributed by atoms with Crippen LogP contribution in [0.1, 0.15) is 65.1 Å². The summed E-state index contributed by atoms with van der Waals surface area (Å²) in [6.07, 6.45) is -4.44. The standard InChI is InChI=1S/C24H24F4N4O.C2H6/c1-15-6-8-18(9-7-15)16(2)29-22(33)21-20(13-25)30-32-11-10-31(23(21)32)14-17-4-3-5-19(12-17)24(26,27)28;1-2/h3-9,12,16H,10-11,13-14H2,1-2H3,(H,29,33);1-2H3. The molecule has 0 spiro atoms. The Balaban J connectivity index is 0.00000167. The predicted molar refractivity (Wildman–Crippen MR) is 128 cm³/mol. The van der Waals surface area contributed by atoms with Gasteiger partial charge in [0.1, 0.15) is 23.7 Å². The summed E-state index contributed by atoms with van der Waals surface area (Å²) in [5.74, 6) is -0.0402. The maximum absolute atomic E-state index is 13.7. The van der Waals surface area contributed by atoms with Gasteiger partial charge in [-0.15, -0.1) is 0 Å². The van der Waals surface area contributed by atoms with E-state index in [-0.39, 0.29) is 23.8 Å². The van der Waals surface area contributed by atoms with Crippen molar-refractivity contribution in [1.82, 2.24) is 15.1 Å². The third kappa shape index (κ3) is 5.83. The number of benzene rings is 2. The van der Waals surface area contributed by atoms with E-state index >= 15 is 0 Å². The van der Waals surface area contributed by atoms with E-state index in [2.05, 4.69) is 10.4 Å². The van der Waals surface area contributed by atoms with Crippen LogP contribution in [-0.2, 0) is 25.9 Å². The number of rotatable bonds is 6. The smallest absolute Gasteiger partial charge is 0.350 e. The number of aromatic nitrogens is 2. The number of aryl methyl sites for hydroxylation is 1. The maximum atomic E-state index is 13.7. The minimum absolute atomic E-state index is 0.0207. The number of hydrogen-bond donors (Lipinski definition) is 1. The molecule has 5 nitrogen and oxygen atoms in total. The van der Waals surface area contributed by atoms with Crippen LogP contribution in [0.2, 0.25) is 0 Å². The highest BCUT2D eigenvalue weighted by molar-refractivity contribution is 6.00. The van der Waals surface area contributed by atoms with Gasteiger partial charge in [0, 0.05) is 13.1 Å². The van der Waals surface area contributed by atoms with Crippen LogP contribution in [0.5, 0.6) is 0 Å². The van der Waals surface area contributed by atoms with Crippen LogP contribution in [0.3, 0.4) is 0 Å². The molecule has 1 unspecified atom stereocenters. The Morgan fingerprint density at radius 2 is 1.80 bits per heavy atom. The quantitative estimate of drug-likeness (QED) is 0.418. The molecule has 4 rings (SSSR count). The molecule has 2 heterocycles. The summed E-state index contributed by atoms with van der Waals surface area (Å²) in [5, 5.41) is 7.13. The van der Waals surface area contributed by atoms with Gasteiger partial charge in [0.2, 0.25) is 0 Å². The van der Waals surface area contributed by atoms with Crippen molar-refractivity contribution in [2.24, 2.45) is 0 Å². The molecule has 188 valence electrons. The van der Waals surface area contributed by atoms with Gasteiger partial charge in [0.05, 0.1) is 18.2 Å². The fourth-order valence-electron chi connectivity index (χ4n) is 4.05. The molecule has 1 amide bonds. The van der Waals surface area contributed by atoms with Gasteiger partial charge in [-0.1, -0.05) is 55.8 Å². The molecule has 0 saturated heterocycles. The summed E-state index contributed by atoms with van der Waals surface area (Å²) >= 11 is 0. The predicted octanol–water partition coefficient (Wildman–Crippen LogP) is 6.22. The second kappa shape index (κ2) is 10.9. The molecule has 3 aromatic rings. The van der Waals surface area contributed by atoms with Crippen LogP contribution >= 0.6 is 0 Å². The number of fused-ring (bicyclic) bond motifs is 1. The van der Waals surface area contributed by atoms with E-state index in [1.807, 2.05) is 52.0 Å². The largest absolute Gasteiger partial charge is 0.416 e. The number of halogens is 4. The average molecular weight is 491 g/mol. The topological polar surface area (TPSA) is 50.2 Å². The maximum Gasteiger partial charge on any atom is 0.416 e. The van der Waals surface area contributed by atoms with Crippen LogP contribution in [0.15, 0.2) is 48.5 Å². The zero-order valence-electron chi connectivity index (χ0n) is 20.3. The number of nitrogens with zero attached hydrogens (tertiary/aromatic N) is 3. The van der Waals surface area contributed by atoms with Crippen LogP contribution in [0, 0.1) is 6.92 Å². The molecule has 0 fully saturated rings. The molecule has 0 aliphatic carbocycles. The monoisotopic (exact) mass is 490 g/mol. The molecule has 0 radical (unpaired) electrons. The van der Waals surface area contributed by atoms with Gasteiger partial charge in [0.25, 0.3) is 5.91 Å². The van der Waals surface area contributed by atoms with E-state index in [9.17, 15) is 22.4 Å². The Kier molecular flexibility index (Phi) is 8.19. The molecule has 1 aliphatic rings. The molecule has 2 aromatic carbocycles. The molecular formula is C26H30F4N4O. The van der Waals surface area contributed by atoms with Crippen molar-refractivity contribution in [2.45, 2.75) is 59.7 Å². The zero-order valence-corrected chi connectivity index (χ0v) is 20.3. The van der Waals surface area contributed by atoms with Gasteiger partial charge < -0.3 is 10.2 Å². The van der Waals surface area contributed by atoms with E-state index in [1.54, 1.807) is 15.6 Å². The van der Waals surface area contributed by atoms with Gasteiger partial charge in [-0.05, 0) is 37.1 Å². The highest BCUT2D eigenvalue weighted by Crippen LogP contribution is 2.33. The molecule has 1 N–H and O–H groups in total. The third-order valence-electron chi connectivity index (χ3n) is 5.79. The highest BCUT2D eigenvalue weighted by atomic mass is 19.4. The summed E-state index contributed by atoms with van der Waals surface area (Å²) in [6.45, 7) is 7.91. The Morgan fingerprint density at radius 1 is 1.11 bits per heavy atom. The number of carbonyl (C=O) groups is 1. The Bertz CT molecular complexity index is 1160. The second-order valence-corrected chi connectivity index (χ2v) is 8.23. The lowest BCUT2D eigenvalue weighted by Crippen LogP contribution is -2.29. The minimum atomic E-state index is -4.44. The van der Waals surface area contributed by atoms with Crippen LogP contribution in [-0.4, -0.2) is 22.2 Å². The first-order valence-corrected chi connectivity index (χ1v) is 11.6. The summed E-state index contributed by atoms with van der Waals surface area (Å²) in [6, 6.07) is 12.5. The van der Waals surface area contributed by atoms with Gasteiger partial charge in [-0.2, -0.15) is 18.3 Å². The summed E-state index contributed by atoms with van der Waals surface area (Å²) in [7, 11) is 0. The molecule has 0 saturated carbocycles. The van der Waals surface area contributed by atoms with Crippen molar-refractivity contribution in [2.75, 3.05) is 11.4 Å². The molecule has 1 atom stereocenters. The third-order valence-corrected chi connectivity index (χ3v) is 5.79. The number of nitrogens with one attached hydrogen (secondary N) is 1. The van der Waals surface area contributed by atoms with E-state index in [0.29, 0.717) is 24.5 Å². The fourth-order valence-corrected chi connectivity index (χ4v) is 4.05. The average Bonchev–Trinajstić information content (AvgIpc) is 3.39. The molecule has 1 aromatic heterocycles. The second-order valence-electron chi connectivity index (χ2n) is 8.23. The first-order valence-electron chi connectivity index (χ1n) is 11.6. The number of carbonyl (C=O) groups excluding carboxylic acids is 1. The Hall–Kier alpha value is -3.36. The number of hydrogen-bond acceptors (Lipinski definition) is 3. The van der Waals surface area contributed by atoms with Crippen molar-refractivity contribution in [3.63, 3.8) is 0 Å². The Labute approximate surface area is 202 Å².